The third kappa shape index (κ3) is 4.56. The molecule has 0 bridgehead atoms. The second-order valence-corrected chi connectivity index (χ2v) is 5.94. The van der Waals surface area contributed by atoms with E-state index in [9.17, 15) is 4.79 Å². The van der Waals surface area contributed by atoms with E-state index in [0.29, 0.717) is 17.0 Å². The van der Waals surface area contributed by atoms with Crippen LogP contribution in [0, 0.1) is 0 Å². The highest BCUT2D eigenvalue weighted by Gasteiger charge is 2.21. The SMILES string of the molecule is O=C(Nc1ccc(OC(Cl)(Cl)Cl)cc1)c1ccncc1. The van der Waals surface area contributed by atoms with Crippen molar-refractivity contribution in [3.05, 3.63) is 54.4 Å². The highest BCUT2D eigenvalue weighted by molar-refractivity contribution is 6.66. The Kier molecular flexibility index (Phi) is 4.70. The van der Waals surface area contributed by atoms with Crippen molar-refractivity contribution in [3.8, 4) is 5.75 Å². The second kappa shape index (κ2) is 6.31. The molecule has 104 valence electrons. The summed E-state index contributed by atoms with van der Waals surface area (Å²) in [6, 6.07) is 9.70. The molecule has 1 heterocycles. The van der Waals surface area contributed by atoms with Gasteiger partial charge in [0.05, 0.1) is 0 Å². The number of benzene rings is 1. The van der Waals surface area contributed by atoms with E-state index in [1.807, 2.05) is 0 Å². The summed E-state index contributed by atoms with van der Waals surface area (Å²) >= 11 is 16.5. The first kappa shape index (κ1) is 14.9. The molecule has 0 aliphatic carbocycles. The molecule has 0 atom stereocenters. The fourth-order valence-corrected chi connectivity index (χ4v) is 1.71. The van der Waals surface area contributed by atoms with Gasteiger partial charge >= 0.3 is 3.98 Å². The molecular weight excluding hydrogens is 323 g/mol. The summed E-state index contributed by atoms with van der Waals surface area (Å²) < 4.78 is 3.20. The Morgan fingerprint density at radius 2 is 1.65 bits per heavy atom. The van der Waals surface area contributed by atoms with Crippen LogP contribution in [0.2, 0.25) is 0 Å². The van der Waals surface area contributed by atoms with E-state index < -0.39 is 3.98 Å². The first-order chi connectivity index (χ1) is 9.44. The van der Waals surface area contributed by atoms with Gasteiger partial charge in [-0.25, -0.2) is 0 Å². The van der Waals surface area contributed by atoms with E-state index in [-0.39, 0.29) is 5.91 Å². The molecule has 1 N–H and O–H groups in total. The van der Waals surface area contributed by atoms with Gasteiger partial charge < -0.3 is 10.1 Å². The third-order valence-corrected chi connectivity index (χ3v) is 2.52. The van der Waals surface area contributed by atoms with Crippen LogP contribution < -0.4 is 10.1 Å². The van der Waals surface area contributed by atoms with Crippen molar-refractivity contribution >= 4 is 46.4 Å². The molecule has 0 aliphatic heterocycles. The summed E-state index contributed by atoms with van der Waals surface area (Å²) in [6.45, 7) is 0. The maximum absolute atomic E-state index is 11.9. The molecule has 0 spiro atoms. The van der Waals surface area contributed by atoms with Crippen molar-refractivity contribution in [1.29, 1.82) is 0 Å². The lowest BCUT2D eigenvalue weighted by Crippen LogP contribution is -2.13. The molecule has 0 aliphatic rings. The van der Waals surface area contributed by atoms with Gasteiger partial charge in [-0.15, -0.1) is 0 Å². The van der Waals surface area contributed by atoms with Crippen molar-refractivity contribution in [2.75, 3.05) is 5.32 Å². The van der Waals surface area contributed by atoms with Crippen LogP contribution in [0.3, 0.4) is 0 Å². The van der Waals surface area contributed by atoms with Gasteiger partial charge in [-0.05, 0) is 71.2 Å². The number of hydrogen-bond donors (Lipinski definition) is 1. The Bertz CT molecular complexity index is 583. The highest BCUT2D eigenvalue weighted by atomic mass is 35.6. The van der Waals surface area contributed by atoms with Crippen LogP contribution in [0.5, 0.6) is 5.75 Å². The van der Waals surface area contributed by atoms with Crippen molar-refractivity contribution < 1.29 is 9.53 Å². The number of halogens is 3. The lowest BCUT2D eigenvalue weighted by atomic mass is 10.2. The molecule has 0 fully saturated rings. The smallest absolute Gasteiger partial charge is 0.338 e. The lowest BCUT2D eigenvalue weighted by molar-refractivity contribution is 0.102. The number of anilines is 1. The van der Waals surface area contributed by atoms with E-state index in [1.165, 1.54) is 0 Å². The maximum atomic E-state index is 11.9. The van der Waals surface area contributed by atoms with Gasteiger partial charge in [-0.2, -0.15) is 0 Å². The lowest BCUT2D eigenvalue weighted by Gasteiger charge is -2.14. The van der Waals surface area contributed by atoms with Crippen LogP contribution in [0.25, 0.3) is 0 Å². The van der Waals surface area contributed by atoms with Crippen molar-refractivity contribution in [2.24, 2.45) is 0 Å². The van der Waals surface area contributed by atoms with Gasteiger partial charge in [-0.3, -0.25) is 9.78 Å². The molecule has 1 aromatic heterocycles. The average Bonchev–Trinajstić information content (AvgIpc) is 2.40. The molecule has 0 radical (unpaired) electrons. The van der Waals surface area contributed by atoms with Crippen LogP contribution in [0.15, 0.2) is 48.8 Å². The summed E-state index contributed by atoms with van der Waals surface area (Å²) in [5.41, 5.74) is 1.12. The fraction of sp³-hybridized carbons (Fsp3) is 0.0769. The second-order valence-electron chi connectivity index (χ2n) is 3.76. The predicted octanol–water partition coefficient (Wildman–Crippen LogP) is 4.04. The van der Waals surface area contributed by atoms with Crippen LogP contribution in [0.4, 0.5) is 5.69 Å². The number of aromatic nitrogens is 1. The summed E-state index contributed by atoms with van der Waals surface area (Å²) in [7, 11) is 0. The number of ether oxygens (including phenoxy) is 1. The zero-order valence-corrected chi connectivity index (χ0v) is 12.3. The first-order valence-corrected chi connectivity index (χ1v) is 6.64. The number of carbonyl (C=O) groups excluding carboxylic acids is 1. The van der Waals surface area contributed by atoms with Crippen molar-refractivity contribution in [1.82, 2.24) is 4.98 Å². The molecule has 1 amide bonds. The van der Waals surface area contributed by atoms with Gasteiger partial charge in [0.2, 0.25) is 0 Å². The molecule has 2 aromatic rings. The minimum atomic E-state index is -1.82. The molecule has 7 heteroatoms. The number of pyridine rings is 1. The van der Waals surface area contributed by atoms with Crippen LogP contribution in [0.1, 0.15) is 10.4 Å². The Hall–Kier alpha value is -1.49. The molecule has 0 saturated carbocycles. The van der Waals surface area contributed by atoms with Crippen LogP contribution in [-0.4, -0.2) is 14.9 Å². The van der Waals surface area contributed by atoms with Crippen molar-refractivity contribution in [3.63, 3.8) is 0 Å². The van der Waals surface area contributed by atoms with E-state index in [1.54, 1.807) is 48.8 Å². The van der Waals surface area contributed by atoms with E-state index in [4.69, 9.17) is 39.5 Å². The summed E-state index contributed by atoms with van der Waals surface area (Å²) in [6.07, 6.45) is 3.10. The zero-order valence-electron chi connectivity index (χ0n) is 10.0. The Labute approximate surface area is 130 Å². The van der Waals surface area contributed by atoms with Gasteiger partial charge in [0, 0.05) is 23.6 Å². The van der Waals surface area contributed by atoms with Gasteiger partial charge in [-0.1, -0.05) is 0 Å². The van der Waals surface area contributed by atoms with E-state index in [0.717, 1.165) is 0 Å². The van der Waals surface area contributed by atoms with Gasteiger partial charge in [0.25, 0.3) is 5.91 Å². The van der Waals surface area contributed by atoms with Crippen molar-refractivity contribution in [2.45, 2.75) is 3.98 Å². The molecule has 4 nitrogen and oxygen atoms in total. The quantitative estimate of drug-likeness (QED) is 0.864. The maximum Gasteiger partial charge on any atom is 0.338 e. The van der Waals surface area contributed by atoms with Crippen LogP contribution in [-0.2, 0) is 0 Å². The number of nitrogens with zero attached hydrogens (tertiary/aromatic N) is 1. The average molecular weight is 332 g/mol. The summed E-state index contributed by atoms with van der Waals surface area (Å²) in [4.78, 5) is 15.7. The number of alkyl halides is 3. The van der Waals surface area contributed by atoms with Gasteiger partial charge in [0.15, 0.2) is 0 Å². The number of nitrogens with one attached hydrogen (secondary N) is 1. The third-order valence-electron chi connectivity index (χ3n) is 2.29. The Morgan fingerprint density at radius 3 is 2.20 bits per heavy atom. The standard InChI is InChI=1S/C13H9Cl3N2O2/c14-13(15,16)20-11-3-1-10(2-4-11)18-12(19)9-5-7-17-8-6-9/h1-8H,(H,18,19). The minimum absolute atomic E-state index is 0.234. The fourth-order valence-electron chi connectivity index (χ4n) is 1.45. The molecule has 0 saturated heterocycles. The Morgan fingerprint density at radius 1 is 1.05 bits per heavy atom. The summed E-state index contributed by atoms with van der Waals surface area (Å²) in [5, 5.41) is 2.73. The largest absolute Gasteiger partial charge is 0.446 e. The van der Waals surface area contributed by atoms with E-state index >= 15 is 0 Å². The number of hydrogen-bond acceptors (Lipinski definition) is 3. The zero-order chi connectivity index (χ0) is 14.6. The molecule has 1 aromatic carbocycles. The van der Waals surface area contributed by atoms with E-state index in [2.05, 4.69) is 10.3 Å². The molecule has 0 unspecified atom stereocenters. The highest BCUT2D eigenvalue weighted by Crippen LogP contribution is 2.30. The Balaban J connectivity index is 2.02. The number of rotatable bonds is 3. The predicted molar refractivity (Wildman–Crippen MR) is 79.6 cm³/mol. The first-order valence-electron chi connectivity index (χ1n) is 5.51. The van der Waals surface area contributed by atoms with Gasteiger partial charge in [0.1, 0.15) is 5.75 Å². The summed E-state index contributed by atoms with van der Waals surface area (Å²) in [5.74, 6) is 0.148. The molecular formula is C13H9Cl3N2O2. The molecule has 20 heavy (non-hydrogen) atoms. The minimum Gasteiger partial charge on any atom is -0.446 e. The number of carbonyl (C=O) groups is 1. The molecule has 2 rings (SSSR count). The monoisotopic (exact) mass is 330 g/mol. The number of amides is 1. The normalized spacial score (nSPS) is 10.9. The topological polar surface area (TPSA) is 51.2 Å². The van der Waals surface area contributed by atoms with Crippen LogP contribution >= 0.6 is 34.8 Å².